The molecule has 5 nitrogen and oxygen atoms in total. The number of halogens is 1. The predicted octanol–water partition coefficient (Wildman–Crippen LogP) is 3.02. The first-order valence-corrected chi connectivity index (χ1v) is 8.67. The Balaban J connectivity index is 1.82. The normalized spacial score (nSPS) is 18.2. The number of thioether (sulfide) groups is 1. The van der Waals surface area contributed by atoms with Gasteiger partial charge in [0.05, 0.1) is 5.52 Å². The van der Waals surface area contributed by atoms with Gasteiger partial charge in [0.25, 0.3) is 0 Å². The van der Waals surface area contributed by atoms with Gasteiger partial charge in [0.2, 0.25) is 11.9 Å². The number of nitrogens with zero attached hydrogens (tertiary/aromatic N) is 3. The maximum absolute atomic E-state index is 12.2. The molecule has 0 saturated carbocycles. The van der Waals surface area contributed by atoms with E-state index in [2.05, 4.69) is 25.9 Å². The third kappa shape index (κ3) is 3.15. The number of fused-ring (bicyclic) bond motifs is 1. The fraction of sp³-hybridized carbons (Fsp3) is 0.333. The van der Waals surface area contributed by atoms with Gasteiger partial charge in [-0.25, -0.2) is 9.97 Å². The number of hydrogen-bond donors (Lipinski definition) is 0. The Hall–Kier alpha value is -1.47. The van der Waals surface area contributed by atoms with Crippen molar-refractivity contribution in [2.75, 3.05) is 17.2 Å². The molecular weight excluding hydrogens is 366 g/mol. The van der Waals surface area contributed by atoms with Crippen LogP contribution < -0.4 is 4.90 Å². The Morgan fingerprint density at radius 3 is 3.09 bits per heavy atom. The largest absolute Gasteiger partial charge is 0.288 e. The molecule has 1 atom stereocenters. The molecule has 1 aromatic carbocycles. The average molecular weight is 380 g/mol. The number of aromatic nitrogens is 2. The van der Waals surface area contributed by atoms with Crippen LogP contribution in [0.15, 0.2) is 28.9 Å². The summed E-state index contributed by atoms with van der Waals surface area (Å²) in [5.74, 6) is 1.29. The van der Waals surface area contributed by atoms with Crippen molar-refractivity contribution >= 4 is 55.6 Å². The molecule has 0 N–H and O–H groups in total. The molecule has 0 spiro atoms. The molecule has 22 heavy (non-hydrogen) atoms. The first-order valence-electron chi connectivity index (χ1n) is 6.89. The van der Waals surface area contributed by atoms with Crippen molar-refractivity contribution in [2.45, 2.75) is 13.3 Å². The number of benzene rings is 1. The molecule has 1 saturated heterocycles. The van der Waals surface area contributed by atoms with Crippen LogP contribution in [0.3, 0.4) is 0 Å². The smallest absolute Gasteiger partial charge is 0.232 e. The van der Waals surface area contributed by atoms with Crippen molar-refractivity contribution in [2.24, 2.45) is 5.92 Å². The third-order valence-electron chi connectivity index (χ3n) is 3.53. The molecule has 3 rings (SSSR count). The Bertz CT molecular complexity index is 753. The molecule has 1 fully saturated rings. The summed E-state index contributed by atoms with van der Waals surface area (Å²) in [7, 11) is 0. The molecular formula is C15H14BrN3O2S. The van der Waals surface area contributed by atoms with Crippen molar-refractivity contribution in [3.8, 4) is 0 Å². The van der Waals surface area contributed by atoms with E-state index in [-0.39, 0.29) is 16.9 Å². The maximum atomic E-state index is 12.2. The lowest BCUT2D eigenvalue weighted by Gasteiger charge is -2.14. The SMILES string of the molecule is CC(=O)SCC1CC(=O)N(c2ncc3c(Br)cccc3n2)C1. The van der Waals surface area contributed by atoms with Crippen molar-refractivity contribution in [1.82, 2.24) is 9.97 Å². The van der Waals surface area contributed by atoms with E-state index < -0.39 is 0 Å². The Morgan fingerprint density at radius 2 is 2.32 bits per heavy atom. The quantitative estimate of drug-likeness (QED) is 0.819. The number of hydrogen-bond acceptors (Lipinski definition) is 5. The molecule has 1 unspecified atom stereocenters. The summed E-state index contributed by atoms with van der Waals surface area (Å²) in [6.45, 7) is 2.11. The molecule has 1 aliphatic rings. The predicted molar refractivity (Wildman–Crippen MR) is 90.8 cm³/mol. The maximum Gasteiger partial charge on any atom is 0.232 e. The molecule has 1 amide bonds. The van der Waals surface area contributed by atoms with Gasteiger partial charge in [0, 0.05) is 41.7 Å². The van der Waals surface area contributed by atoms with Crippen molar-refractivity contribution < 1.29 is 9.59 Å². The van der Waals surface area contributed by atoms with Gasteiger partial charge in [-0.1, -0.05) is 33.8 Å². The Labute approximate surface area is 140 Å². The van der Waals surface area contributed by atoms with Crippen LogP contribution in [-0.2, 0) is 9.59 Å². The second-order valence-corrected chi connectivity index (χ2v) is 7.27. The lowest BCUT2D eigenvalue weighted by Crippen LogP contribution is -2.26. The number of carbonyl (C=O) groups is 2. The fourth-order valence-corrected chi connectivity index (χ4v) is 3.61. The highest BCUT2D eigenvalue weighted by Gasteiger charge is 2.32. The minimum atomic E-state index is 0.0171. The summed E-state index contributed by atoms with van der Waals surface area (Å²) in [5, 5.41) is 0.999. The Kier molecular flexibility index (Phi) is 4.44. The third-order valence-corrected chi connectivity index (χ3v) is 5.26. The highest BCUT2D eigenvalue weighted by atomic mass is 79.9. The van der Waals surface area contributed by atoms with E-state index in [1.165, 1.54) is 11.8 Å². The first kappa shape index (κ1) is 15.4. The first-order chi connectivity index (χ1) is 10.5. The van der Waals surface area contributed by atoms with Crippen LogP contribution in [0.25, 0.3) is 10.9 Å². The van der Waals surface area contributed by atoms with Gasteiger partial charge in [-0.2, -0.15) is 0 Å². The summed E-state index contributed by atoms with van der Waals surface area (Å²) < 4.78 is 0.931. The lowest BCUT2D eigenvalue weighted by atomic mass is 10.1. The van der Waals surface area contributed by atoms with E-state index in [4.69, 9.17) is 0 Å². The molecule has 1 aromatic heterocycles. The molecule has 114 valence electrons. The van der Waals surface area contributed by atoms with Gasteiger partial charge in [-0.05, 0) is 18.1 Å². The summed E-state index contributed by atoms with van der Waals surface area (Å²) >= 11 is 4.73. The van der Waals surface area contributed by atoms with Crippen LogP contribution in [-0.4, -0.2) is 33.3 Å². The van der Waals surface area contributed by atoms with Gasteiger partial charge < -0.3 is 0 Å². The second-order valence-electron chi connectivity index (χ2n) is 5.22. The number of anilines is 1. The molecule has 1 aliphatic heterocycles. The van der Waals surface area contributed by atoms with E-state index >= 15 is 0 Å². The van der Waals surface area contributed by atoms with Crippen molar-refractivity contribution in [3.05, 3.63) is 28.9 Å². The molecule has 2 aromatic rings. The van der Waals surface area contributed by atoms with Crippen LogP contribution in [0.5, 0.6) is 0 Å². The highest BCUT2D eigenvalue weighted by Crippen LogP contribution is 2.28. The van der Waals surface area contributed by atoms with Gasteiger partial charge in [0.15, 0.2) is 5.12 Å². The standard InChI is InChI=1S/C15H14BrN3O2S/c1-9(20)22-8-10-5-14(21)19(7-10)15-17-6-11-12(16)3-2-4-13(11)18-15/h2-4,6,10H,5,7-8H2,1H3. The molecule has 7 heteroatoms. The topological polar surface area (TPSA) is 63.2 Å². The molecule has 2 heterocycles. The monoisotopic (exact) mass is 379 g/mol. The minimum absolute atomic E-state index is 0.0171. The molecule has 0 radical (unpaired) electrons. The van der Waals surface area contributed by atoms with E-state index in [9.17, 15) is 9.59 Å². The van der Waals surface area contributed by atoms with Crippen LogP contribution in [0.4, 0.5) is 5.95 Å². The van der Waals surface area contributed by atoms with Crippen LogP contribution in [0.2, 0.25) is 0 Å². The second kappa shape index (κ2) is 6.34. The zero-order valence-electron chi connectivity index (χ0n) is 12.0. The lowest BCUT2D eigenvalue weighted by molar-refractivity contribution is -0.117. The summed E-state index contributed by atoms with van der Waals surface area (Å²) in [6, 6.07) is 5.73. The van der Waals surface area contributed by atoms with Gasteiger partial charge >= 0.3 is 0 Å². The number of amides is 1. The zero-order chi connectivity index (χ0) is 15.7. The van der Waals surface area contributed by atoms with E-state index in [1.807, 2.05) is 18.2 Å². The molecule has 0 aliphatic carbocycles. The van der Waals surface area contributed by atoms with Crippen molar-refractivity contribution in [1.29, 1.82) is 0 Å². The number of rotatable bonds is 3. The fourth-order valence-electron chi connectivity index (χ4n) is 2.46. The van der Waals surface area contributed by atoms with Crippen LogP contribution in [0, 0.1) is 5.92 Å². The Morgan fingerprint density at radius 1 is 1.50 bits per heavy atom. The minimum Gasteiger partial charge on any atom is -0.288 e. The van der Waals surface area contributed by atoms with Crippen LogP contribution >= 0.6 is 27.7 Å². The van der Waals surface area contributed by atoms with Crippen LogP contribution in [0.1, 0.15) is 13.3 Å². The summed E-state index contributed by atoms with van der Waals surface area (Å²) in [4.78, 5) is 33.6. The van der Waals surface area contributed by atoms with Gasteiger partial charge in [0.1, 0.15) is 0 Å². The van der Waals surface area contributed by atoms with E-state index in [0.717, 1.165) is 15.4 Å². The average Bonchev–Trinajstić information content (AvgIpc) is 2.86. The zero-order valence-corrected chi connectivity index (χ0v) is 14.4. The highest BCUT2D eigenvalue weighted by molar-refractivity contribution is 9.10. The summed E-state index contributed by atoms with van der Waals surface area (Å²) in [5.41, 5.74) is 0.800. The van der Waals surface area contributed by atoms with Crippen molar-refractivity contribution in [3.63, 3.8) is 0 Å². The van der Waals surface area contributed by atoms with Gasteiger partial charge in [-0.15, -0.1) is 0 Å². The summed E-state index contributed by atoms with van der Waals surface area (Å²) in [6.07, 6.45) is 2.17. The van der Waals surface area contributed by atoms with E-state index in [1.54, 1.807) is 18.0 Å². The van der Waals surface area contributed by atoms with Gasteiger partial charge in [-0.3, -0.25) is 14.5 Å². The number of carbonyl (C=O) groups excluding carboxylic acids is 2. The molecule has 0 bridgehead atoms. The van der Waals surface area contributed by atoms with E-state index in [0.29, 0.717) is 24.7 Å².